The number of nitrogens with zero attached hydrogens (tertiary/aromatic N) is 3. The van der Waals surface area contributed by atoms with Gasteiger partial charge in [0.2, 0.25) is 5.65 Å². The third-order valence-electron chi connectivity index (χ3n) is 4.24. The molecule has 4 rings (SSSR count). The quantitative estimate of drug-likeness (QED) is 0.567. The summed E-state index contributed by atoms with van der Waals surface area (Å²) in [5, 5.41) is 2.92. The fourth-order valence-electron chi connectivity index (χ4n) is 3.28. The van der Waals surface area contributed by atoms with Crippen molar-refractivity contribution in [1.82, 2.24) is 19.3 Å². The second-order valence-electron chi connectivity index (χ2n) is 6.27. The number of aromatic nitrogens is 3. The van der Waals surface area contributed by atoms with Gasteiger partial charge >= 0.3 is 5.97 Å². The molecule has 0 spiro atoms. The molecule has 0 atom stereocenters. The second kappa shape index (κ2) is 5.87. The number of carbonyl (C=O) groups is 1. The largest absolute Gasteiger partial charge is 0.461 e. The van der Waals surface area contributed by atoms with Crippen molar-refractivity contribution in [2.75, 3.05) is 20.7 Å². The number of ether oxygens (including phenoxy) is 1. The first-order valence-electron chi connectivity index (χ1n) is 8.32. The maximum Gasteiger partial charge on any atom is 0.358 e. The van der Waals surface area contributed by atoms with Gasteiger partial charge in [-0.1, -0.05) is 24.3 Å². The van der Waals surface area contributed by atoms with E-state index in [9.17, 15) is 9.59 Å². The van der Waals surface area contributed by atoms with Crippen LogP contribution in [0.25, 0.3) is 33.7 Å². The Morgan fingerprint density at radius 3 is 2.73 bits per heavy atom. The van der Waals surface area contributed by atoms with E-state index < -0.39 is 5.97 Å². The first-order valence-corrected chi connectivity index (χ1v) is 8.32. The molecule has 0 aliphatic carbocycles. The molecule has 0 aliphatic heterocycles. The summed E-state index contributed by atoms with van der Waals surface area (Å²) in [7, 11) is 3.88. The lowest BCUT2D eigenvalue weighted by molar-refractivity contribution is 0.0520. The summed E-state index contributed by atoms with van der Waals surface area (Å²) in [6.07, 6.45) is 3.56. The predicted molar refractivity (Wildman–Crippen MR) is 100 cm³/mol. The fraction of sp³-hybridized carbons (Fsp3) is 0.211. The van der Waals surface area contributed by atoms with E-state index >= 15 is 0 Å². The van der Waals surface area contributed by atoms with Gasteiger partial charge in [-0.25, -0.2) is 9.78 Å². The van der Waals surface area contributed by atoms with E-state index in [2.05, 4.69) is 9.97 Å². The van der Waals surface area contributed by atoms with Crippen molar-refractivity contribution in [2.45, 2.75) is 6.92 Å². The highest BCUT2D eigenvalue weighted by molar-refractivity contribution is 6.09. The Morgan fingerprint density at radius 2 is 2.04 bits per heavy atom. The standard InChI is InChI=1S/C19H18N4O3/c1-4-26-19(25)14-10-23-16-13(9-22(2)3)11-7-5-6-8-12(11)15(16)21-18(24)17(23)20-14/h5-10H,4H2,1-3H3,(H,21,24). The van der Waals surface area contributed by atoms with Crippen LogP contribution in [0.1, 0.15) is 17.4 Å². The topological polar surface area (TPSA) is 79.7 Å². The average molecular weight is 350 g/mol. The molecule has 0 radical (unpaired) electrons. The first-order chi connectivity index (χ1) is 12.5. The number of esters is 1. The van der Waals surface area contributed by atoms with Gasteiger partial charge in [0.25, 0.3) is 5.56 Å². The van der Waals surface area contributed by atoms with Gasteiger partial charge in [-0.3, -0.25) is 9.20 Å². The zero-order valence-corrected chi connectivity index (χ0v) is 14.7. The Hall–Kier alpha value is -3.35. The molecule has 7 heteroatoms. The Labute approximate surface area is 148 Å². The second-order valence-corrected chi connectivity index (χ2v) is 6.27. The molecule has 0 saturated heterocycles. The molecule has 0 saturated carbocycles. The number of aromatic amines is 1. The average Bonchev–Trinajstić information content (AvgIpc) is 3.17. The number of fused-ring (bicyclic) bond motifs is 5. The molecule has 26 heavy (non-hydrogen) atoms. The summed E-state index contributed by atoms with van der Waals surface area (Å²) < 4.78 is 6.70. The Bertz CT molecular complexity index is 1270. The molecule has 0 unspecified atom stereocenters. The molecule has 2 aromatic heterocycles. The lowest BCUT2D eigenvalue weighted by Crippen LogP contribution is -2.15. The Kier molecular flexibility index (Phi) is 3.64. The van der Waals surface area contributed by atoms with E-state index in [0.29, 0.717) is 0 Å². The number of imidazole rings is 1. The SMILES string of the molecule is CCOC(=O)c1cn2c(n1)c(=O)[nH]c1c3ccccc3c(=CN(C)C)c12. The van der Waals surface area contributed by atoms with Gasteiger partial charge in [-0.05, 0) is 12.3 Å². The highest BCUT2D eigenvalue weighted by Gasteiger charge is 2.18. The Morgan fingerprint density at radius 1 is 1.31 bits per heavy atom. The van der Waals surface area contributed by atoms with E-state index in [1.807, 2.05) is 49.5 Å². The molecular formula is C19H18N4O3. The predicted octanol–water partition coefficient (Wildman–Crippen LogP) is 1.52. The van der Waals surface area contributed by atoms with E-state index in [1.165, 1.54) is 0 Å². The van der Waals surface area contributed by atoms with E-state index in [0.717, 1.165) is 27.0 Å². The van der Waals surface area contributed by atoms with Gasteiger partial charge in [0.05, 0.1) is 17.6 Å². The van der Waals surface area contributed by atoms with Crippen LogP contribution in [0.2, 0.25) is 0 Å². The number of hydrogen-bond donors (Lipinski definition) is 1. The molecule has 0 amide bonds. The fourth-order valence-corrected chi connectivity index (χ4v) is 3.28. The van der Waals surface area contributed by atoms with Crippen molar-refractivity contribution >= 4 is 39.6 Å². The highest BCUT2D eigenvalue weighted by atomic mass is 16.5. The van der Waals surface area contributed by atoms with E-state index in [1.54, 1.807) is 17.5 Å². The normalized spacial score (nSPS) is 12.3. The van der Waals surface area contributed by atoms with Gasteiger partial charge in [0.15, 0.2) is 5.69 Å². The van der Waals surface area contributed by atoms with Crippen molar-refractivity contribution in [1.29, 1.82) is 0 Å². The van der Waals surface area contributed by atoms with Crippen LogP contribution in [0.15, 0.2) is 35.3 Å². The number of benzene rings is 1. The minimum Gasteiger partial charge on any atom is -0.461 e. The smallest absolute Gasteiger partial charge is 0.358 e. The zero-order valence-electron chi connectivity index (χ0n) is 14.7. The third-order valence-corrected chi connectivity index (χ3v) is 4.24. The molecular weight excluding hydrogens is 332 g/mol. The molecule has 0 bridgehead atoms. The van der Waals surface area contributed by atoms with Gasteiger partial charge < -0.3 is 14.6 Å². The summed E-state index contributed by atoms with van der Waals surface area (Å²) in [5.41, 5.74) is 1.46. The van der Waals surface area contributed by atoms with Crippen LogP contribution in [0.5, 0.6) is 0 Å². The molecule has 4 aromatic rings. The van der Waals surface area contributed by atoms with Crippen LogP contribution in [-0.4, -0.2) is 45.9 Å². The molecule has 0 aliphatic rings. The summed E-state index contributed by atoms with van der Waals surface area (Å²) in [6, 6.07) is 7.87. The molecule has 1 N–H and O–H groups in total. The maximum absolute atomic E-state index is 12.6. The number of carbonyl (C=O) groups excluding carboxylic acids is 1. The van der Waals surface area contributed by atoms with E-state index in [4.69, 9.17) is 4.74 Å². The monoisotopic (exact) mass is 350 g/mol. The van der Waals surface area contributed by atoms with Crippen molar-refractivity contribution < 1.29 is 9.53 Å². The van der Waals surface area contributed by atoms with Crippen molar-refractivity contribution in [3.63, 3.8) is 0 Å². The summed E-state index contributed by atoms with van der Waals surface area (Å²) >= 11 is 0. The van der Waals surface area contributed by atoms with Crippen LogP contribution < -0.4 is 10.8 Å². The van der Waals surface area contributed by atoms with Crippen LogP contribution in [0.3, 0.4) is 0 Å². The van der Waals surface area contributed by atoms with Crippen molar-refractivity contribution in [2.24, 2.45) is 0 Å². The van der Waals surface area contributed by atoms with Gasteiger partial charge in [0.1, 0.15) is 0 Å². The zero-order chi connectivity index (χ0) is 18.4. The molecule has 7 nitrogen and oxygen atoms in total. The summed E-state index contributed by atoms with van der Waals surface area (Å²) in [4.78, 5) is 33.7. The van der Waals surface area contributed by atoms with Gasteiger partial charge in [0, 0.05) is 37.1 Å². The van der Waals surface area contributed by atoms with Crippen LogP contribution >= 0.6 is 0 Å². The maximum atomic E-state index is 12.6. The van der Waals surface area contributed by atoms with Crippen LogP contribution in [0, 0.1) is 0 Å². The molecule has 0 fully saturated rings. The van der Waals surface area contributed by atoms with Crippen LogP contribution in [0.4, 0.5) is 0 Å². The van der Waals surface area contributed by atoms with Gasteiger partial charge in [-0.2, -0.15) is 0 Å². The lowest BCUT2D eigenvalue weighted by Gasteiger charge is -2.03. The van der Waals surface area contributed by atoms with E-state index in [-0.39, 0.29) is 23.5 Å². The number of nitrogens with one attached hydrogen (secondary N) is 1. The lowest BCUT2D eigenvalue weighted by atomic mass is 10.2. The summed E-state index contributed by atoms with van der Waals surface area (Å²) in [6.45, 7) is 1.98. The molecule has 2 aromatic carbocycles. The number of hydrogen-bond acceptors (Lipinski definition) is 5. The first kappa shape index (κ1) is 16.1. The Balaban J connectivity index is 2.21. The minimum atomic E-state index is -0.544. The van der Waals surface area contributed by atoms with Crippen molar-refractivity contribution in [3.05, 3.63) is 51.7 Å². The third kappa shape index (κ3) is 2.32. The highest BCUT2D eigenvalue weighted by Crippen LogP contribution is 2.22. The summed E-state index contributed by atoms with van der Waals surface area (Å²) in [5.74, 6) is -0.544. The molecule has 132 valence electrons. The van der Waals surface area contributed by atoms with Crippen LogP contribution in [-0.2, 0) is 4.74 Å². The van der Waals surface area contributed by atoms with Crippen molar-refractivity contribution in [3.8, 4) is 0 Å². The minimum absolute atomic E-state index is 0.117. The molecule has 2 heterocycles. The number of H-pyrrole nitrogens is 1. The van der Waals surface area contributed by atoms with Gasteiger partial charge in [-0.15, -0.1) is 0 Å². The number of rotatable bonds is 3.